The summed E-state index contributed by atoms with van der Waals surface area (Å²) in [6.07, 6.45) is 1.15. The molecule has 0 aliphatic heterocycles. The van der Waals surface area contributed by atoms with Crippen LogP contribution in [0.1, 0.15) is 27.8 Å². The number of nitrogens with zero attached hydrogens (tertiary/aromatic N) is 8. The van der Waals surface area contributed by atoms with Gasteiger partial charge in [0.15, 0.2) is 11.5 Å². The number of amides is 1. The van der Waals surface area contributed by atoms with E-state index in [0.717, 1.165) is 11.0 Å². The number of alkyl halides is 3. The van der Waals surface area contributed by atoms with Gasteiger partial charge in [-0.3, -0.25) is 9.20 Å². The first kappa shape index (κ1) is 23.4. The van der Waals surface area contributed by atoms with E-state index in [4.69, 9.17) is 17.3 Å². The number of fused-ring (bicyclic) bond motifs is 1. The number of aliphatic hydroxyl groups is 1. The van der Waals surface area contributed by atoms with E-state index in [1.807, 2.05) is 0 Å². The number of hydrogen-bond acceptors (Lipinski definition) is 8. The van der Waals surface area contributed by atoms with Crippen molar-refractivity contribution in [3.8, 4) is 11.6 Å². The van der Waals surface area contributed by atoms with Gasteiger partial charge in [0.2, 0.25) is 0 Å². The van der Waals surface area contributed by atoms with Crippen molar-refractivity contribution in [3.05, 3.63) is 77.2 Å². The van der Waals surface area contributed by atoms with Gasteiger partial charge >= 0.3 is 6.18 Å². The number of imidazole rings is 1. The van der Waals surface area contributed by atoms with Crippen LogP contribution in [0.25, 0.3) is 17.3 Å². The molecule has 0 spiro atoms. The average molecular weight is 519 g/mol. The second-order valence-corrected chi connectivity index (χ2v) is 7.74. The van der Waals surface area contributed by atoms with E-state index < -0.39 is 29.6 Å². The van der Waals surface area contributed by atoms with E-state index in [-0.39, 0.29) is 33.6 Å². The van der Waals surface area contributed by atoms with E-state index in [9.17, 15) is 23.1 Å². The maximum absolute atomic E-state index is 14.2. The maximum atomic E-state index is 14.2. The Morgan fingerprint density at radius 2 is 1.86 bits per heavy atom. The Bertz CT molecular complexity index is 1580. The summed E-state index contributed by atoms with van der Waals surface area (Å²) in [5.41, 5.74) is 3.81. The Labute approximate surface area is 203 Å². The number of hydrogen-bond donors (Lipinski definition) is 3. The average Bonchev–Trinajstić information content (AvgIpc) is 3.58. The Morgan fingerprint density at radius 1 is 1.11 bits per heavy atom. The van der Waals surface area contributed by atoms with Crippen LogP contribution in [0, 0.1) is 0 Å². The predicted molar refractivity (Wildman–Crippen MR) is 119 cm³/mol. The first-order chi connectivity index (χ1) is 17.1. The summed E-state index contributed by atoms with van der Waals surface area (Å²) >= 11 is 6.17. The molecular formula is C20H14ClF3N10O2. The van der Waals surface area contributed by atoms with Crippen molar-refractivity contribution in [3.63, 3.8) is 0 Å². The zero-order chi connectivity index (χ0) is 25.6. The minimum Gasteiger partial charge on any atom is -0.374 e. The number of halogens is 4. The van der Waals surface area contributed by atoms with Gasteiger partial charge in [-0.05, 0) is 18.2 Å². The predicted octanol–water partition coefficient (Wildman–Crippen LogP) is 2.37. The molecule has 1 atom stereocenters. The number of carbonyl (C=O) groups excluding carboxylic acids is 1. The minimum atomic E-state index is -4.96. The number of rotatable bonds is 5. The van der Waals surface area contributed by atoms with Gasteiger partial charge in [-0.15, -0.1) is 4.80 Å². The van der Waals surface area contributed by atoms with Crippen LogP contribution in [0.3, 0.4) is 0 Å². The smallest absolute Gasteiger partial charge is 0.374 e. The summed E-state index contributed by atoms with van der Waals surface area (Å²) in [5, 5.41) is 23.8. The zero-order valence-corrected chi connectivity index (χ0v) is 18.6. The molecule has 0 bridgehead atoms. The normalized spacial score (nSPS) is 12.7. The van der Waals surface area contributed by atoms with E-state index in [1.54, 1.807) is 0 Å². The van der Waals surface area contributed by atoms with Gasteiger partial charge in [-0.25, -0.2) is 14.6 Å². The number of aromatic nitrogens is 8. The third-order valence-corrected chi connectivity index (χ3v) is 5.34. The fourth-order valence-corrected chi connectivity index (χ4v) is 3.80. The van der Waals surface area contributed by atoms with Crippen LogP contribution in [0.15, 0.2) is 55.4 Å². The molecule has 0 aliphatic rings. The Morgan fingerprint density at radius 3 is 2.53 bits per heavy atom. The molecular weight excluding hydrogens is 505 g/mol. The molecule has 36 heavy (non-hydrogen) atoms. The molecule has 4 N–H and O–H groups in total. The van der Waals surface area contributed by atoms with Crippen LogP contribution >= 0.6 is 11.6 Å². The number of pyridine rings is 2. The van der Waals surface area contributed by atoms with Crippen molar-refractivity contribution in [1.29, 1.82) is 0 Å². The monoisotopic (exact) mass is 518 g/mol. The lowest BCUT2D eigenvalue weighted by molar-refractivity contribution is -0.143. The Balaban J connectivity index is 1.53. The molecule has 5 heterocycles. The van der Waals surface area contributed by atoms with Crippen LogP contribution in [0.4, 0.5) is 18.9 Å². The first-order valence-electron chi connectivity index (χ1n) is 10.0. The fourth-order valence-electron chi connectivity index (χ4n) is 3.56. The van der Waals surface area contributed by atoms with Crippen LogP contribution in [0.5, 0.6) is 0 Å². The van der Waals surface area contributed by atoms with Gasteiger partial charge in [0.1, 0.15) is 17.7 Å². The van der Waals surface area contributed by atoms with E-state index in [2.05, 4.69) is 30.6 Å². The van der Waals surface area contributed by atoms with Crippen molar-refractivity contribution < 1.29 is 23.1 Å². The van der Waals surface area contributed by atoms with Gasteiger partial charge in [0.05, 0.1) is 41.1 Å². The fraction of sp³-hybridized carbons (Fsp3) is 0.100. The molecule has 5 aromatic rings. The van der Waals surface area contributed by atoms with Gasteiger partial charge in [0.25, 0.3) is 5.91 Å². The van der Waals surface area contributed by atoms with Gasteiger partial charge in [-0.1, -0.05) is 11.6 Å². The lowest BCUT2D eigenvalue weighted by Gasteiger charge is -2.15. The molecule has 0 saturated carbocycles. The van der Waals surface area contributed by atoms with Crippen LogP contribution < -0.4 is 11.1 Å². The van der Waals surface area contributed by atoms with Gasteiger partial charge in [-0.2, -0.15) is 28.5 Å². The quantitative estimate of drug-likeness (QED) is 0.300. The van der Waals surface area contributed by atoms with Crippen molar-refractivity contribution in [2.45, 2.75) is 12.4 Å². The third kappa shape index (κ3) is 4.04. The largest absolute Gasteiger partial charge is 0.434 e. The summed E-state index contributed by atoms with van der Waals surface area (Å²) in [6, 6.07) is 3.90. The topological polar surface area (TPSA) is 154 Å². The maximum Gasteiger partial charge on any atom is 0.434 e. The first-order valence-corrected chi connectivity index (χ1v) is 10.4. The van der Waals surface area contributed by atoms with Crippen molar-refractivity contribution in [2.75, 3.05) is 5.32 Å². The molecule has 5 rings (SSSR count). The highest BCUT2D eigenvalue weighted by Crippen LogP contribution is 2.34. The molecule has 0 saturated heterocycles. The molecule has 1 amide bonds. The highest BCUT2D eigenvalue weighted by molar-refractivity contribution is 6.32. The summed E-state index contributed by atoms with van der Waals surface area (Å²) in [7, 11) is 0. The standard InChI is InChI=1S/C20H14ClF3N10O2/c21-13-7-10(8-27-18(13)34-28-3-4-29-34)31-19(36)12-9-30-33(15(12)20(22,23)24)14-2-1-11(16(25)35)17-26-5-6-32(14)17/h1-9,16,35H,25H2,(H,31,36). The van der Waals surface area contributed by atoms with Crippen LogP contribution in [-0.2, 0) is 6.18 Å². The van der Waals surface area contributed by atoms with E-state index in [1.165, 1.54) is 53.6 Å². The molecule has 12 nitrogen and oxygen atoms in total. The molecule has 5 aromatic heterocycles. The summed E-state index contributed by atoms with van der Waals surface area (Å²) in [4.78, 5) is 22.1. The van der Waals surface area contributed by atoms with Gasteiger partial charge in [0, 0.05) is 18.0 Å². The number of carbonyl (C=O) groups is 1. The molecule has 184 valence electrons. The van der Waals surface area contributed by atoms with E-state index >= 15 is 0 Å². The lowest BCUT2D eigenvalue weighted by atomic mass is 10.2. The molecule has 0 aromatic carbocycles. The number of nitrogens with one attached hydrogen (secondary N) is 1. The van der Waals surface area contributed by atoms with Crippen LogP contribution in [0.2, 0.25) is 5.02 Å². The third-order valence-electron chi connectivity index (χ3n) is 5.06. The minimum absolute atomic E-state index is 0.0417. The Hall–Kier alpha value is -4.34. The van der Waals surface area contributed by atoms with Crippen molar-refractivity contribution in [2.24, 2.45) is 5.73 Å². The van der Waals surface area contributed by atoms with Crippen molar-refractivity contribution in [1.82, 2.24) is 39.1 Å². The zero-order valence-electron chi connectivity index (χ0n) is 17.8. The van der Waals surface area contributed by atoms with E-state index in [0.29, 0.717) is 4.68 Å². The van der Waals surface area contributed by atoms with Crippen molar-refractivity contribution >= 4 is 28.8 Å². The number of anilines is 1. The molecule has 0 aliphatic carbocycles. The second-order valence-electron chi connectivity index (χ2n) is 7.33. The Kier molecular flexibility index (Phi) is 5.66. The highest BCUT2D eigenvalue weighted by Gasteiger charge is 2.41. The molecule has 0 radical (unpaired) electrons. The SMILES string of the molecule is NC(O)c1ccc(-n2ncc(C(=O)Nc3cnc(-n4nccn4)c(Cl)c3)c2C(F)(F)F)n2ccnc12. The second kappa shape index (κ2) is 8.71. The summed E-state index contributed by atoms with van der Waals surface area (Å²) in [5.74, 6) is -1.01. The van der Waals surface area contributed by atoms with Gasteiger partial charge < -0.3 is 16.2 Å². The van der Waals surface area contributed by atoms with Crippen LogP contribution in [-0.4, -0.2) is 50.2 Å². The highest BCUT2D eigenvalue weighted by atomic mass is 35.5. The molecule has 16 heteroatoms. The number of nitrogens with two attached hydrogens (primary N) is 1. The molecule has 0 fully saturated rings. The lowest BCUT2D eigenvalue weighted by Crippen LogP contribution is -2.22. The summed E-state index contributed by atoms with van der Waals surface area (Å²) < 4.78 is 44.3. The number of aliphatic hydroxyl groups excluding tert-OH is 1. The molecule has 1 unspecified atom stereocenters. The summed E-state index contributed by atoms with van der Waals surface area (Å²) in [6.45, 7) is 0.